The van der Waals surface area contributed by atoms with Crippen LogP contribution in [0.25, 0.3) is 0 Å². The molecule has 1 heterocycles. The molecule has 0 spiro atoms. The van der Waals surface area contributed by atoms with Gasteiger partial charge in [0.1, 0.15) is 0 Å². The van der Waals surface area contributed by atoms with Gasteiger partial charge in [-0.1, -0.05) is 18.2 Å². The van der Waals surface area contributed by atoms with Crippen molar-refractivity contribution in [2.24, 2.45) is 0 Å². The second kappa shape index (κ2) is 5.89. The maximum absolute atomic E-state index is 11.3. The van der Waals surface area contributed by atoms with Crippen molar-refractivity contribution >= 4 is 21.6 Å². The van der Waals surface area contributed by atoms with E-state index in [2.05, 4.69) is 17.0 Å². The van der Waals surface area contributed by atoms with E-state index >= 15 is 0 Å². The standard InChI is InChI=1S/C12H17NO2S2/c14-17(15)10-7-13(8-11-17)6-9-16-12-4-2-1-3-5-12/h1-5H,6-11H2. The van der Waals surface area contributed by atoms with Crippen LogP contribution in [0.4, 0.5) is 0 Å². The topological polar surface area (TPSA) is 37.4 Å². The van der Waals surface area contributed by atoms with Crippen molar-refractivity contribution in [2.75, 3.05) is 36.9 Å². The summed E-state index contributed by atoms with van der Waals surface area (Å²) in [7, 11) is -2.74. The monoisotopic (exact) mass is 271 g/mol. The van der Waals surface area contributed by atoms with Gasteiger partial charge in [0.05, 0.1) is 11.5 Å². The van der Waals surface area contributed by atoms with E-state index in [1.807, 2.05) is 30.0 Å². The predicted octanol–water partition coefficient (Wildman–Crippen LogP) is 1.51. The minimum atomic E-state index is -2.74. The predicted molar refractivity (Wildman–Crippen MR) is 72.3 cm³/mol. The highest BCUT2D eigenvalue weighted by molar-refractivity contribution is 7.99. The van der Waals surface area contributed by atoms with Gasteiger partial charge < -0.3 is 4.90 Å². The number of hydrogen-bond acceptors (Lipinski definition) is 4. The Balaban J connectivity index is 1.70. The molecule has 0 unspecified atom stereocenters. The summed E-state index contributed by atoms with van der Waals surface area (Å²) < 4.78 is 22.5. The Bertz CT molecular complexity index is 431. The first-order chi connectivity index (χ1) is 8.16. The lowest BCUT2D eigenvalue weighted by Crippen LogP contribution is -2.41. The Morgan fingerprint density at radius 3 is 2.41 bits per heavy atom. The molecule has 17 heavy (non-hydrogen) atoms. The maximum atomic E-state index is 11.3. The first kappa shape index (κ1) is 12.9. The highest BCUT2D eigenvalue weighted by Crippen LogP contribution is 2.17. The molecule has 1 saturated heterocycles. The van der Waals surface area contributed by atoms with Gasteiger partial charge in [0.15, 0.2) is 9.84 Å². The fourth-order valence-electron chi connectivity index (χ4n) is 1.78. The van der Waals surface area contributed by atoms with Gasteiger partial charge in [0.2, 0.25) is 0 Å². The van der Waals surface area contributed by atoms with Gasteiger partial charge in [-0.05, 0) is 12.1 Å². The summed E-state index contributed by atoms with van der Waals surface area (Å²) in [5.41, 5.74) is 0. The molecule has 5 heteroatoms. The third-order valence-corrected chi connectivity index (χ3v) is 5.46. The number of nitrogens with zero attached hydrogens (tertiary/aromatic N) is 1. The van der Waals surface area contributed by atoms with Gasteiger partial charge in [0.25, 0.3) is 0 Å². The van der Waals surface area contributed by atoms with Gasteiger partial charge in [-0.15, -0.1) is 11.8 Å². The van der Waals surface area contributed by atoms with Gasteiger partial charge in [-0.2, -0.15) is 0 Å². The van der Waals surface area contributed by atoms with E-state index in [1.165, 1.54) is 4.90 Å². The normalized spacial score (nSPS) is 20.2. The number of rotatable bonds is 4. The molecule has 0 aliphatic carbocycles. The zero-order valence-corrected chi connectivity index (χ0v) is 11.3. The molecule has 0 aromatic heterocycles. The number of hydrogen-bond donors (Lipinski definition) is 0. The lowest BCUT2D eigenvalue weighted by Gasteiger charge is -2.26. The third-order valence-electron chi connectivity index (χ3n) is 2.86. The first-order valence-electron chi connectivity index (χ1n) is 5.76. The highest BCUT2D eigenvalue weighted by Gasteiger charge is 2.20. The lowest BCUT2D eigenvalue weighted by atomic mass is 10.4. The molecule has 1 fully saturated rings. The number of sulfone groups is 1. The molecule has 1 aromatic carbocycles. The molecule has 0 radical (unpaired) electrons. The summed E-state index contributed by atoms with van der Waals surface area (Å²) in [4.78, 5) is 3.51. The van der Waals surface area contributed by atoms with Crippen LogP contribution in [0.5, 0.6) is 0 Å². The molecule has 0 N–H and O–H groups in total. The summed E-state index contributed by atoms with van der Waals surface area (Å²) in [6.45, 7) is 2.35. The molecule has 1 aliphatic rings. The van der Waals surface area contributed by atoms with E-state index in [1.54, 1.807) is 0 Å². The van der Waals surface area contributed by atoms with Crippen molar-refractivity contribution < 1.29 is 8.42 Å². The molecule has 2 rings (SSSR count). The van der Waals surface area contributed by atoms with Crippen LogP contribution in [0.2, 0.25) is 0 Å². The van der Waals surface area contributed by atoms with Gasteiger partial charge in [-0.3, -0.25) is 0 Å². The number of benzene rings is 1. The molecule has 0 bridgehead atoms. The van der Waals surface area contributed by atoms with Gasteiger partial charge in [-0.25, -0.2) is 8.42 Å². The molecule has 1 aliphatic heterocycles. The van der Waals surface area contributed by atoms with Crippen molar-refractivity contribution in [1.29, 1.82) is 0 Å². The summed E-state index contributed by atoms with van der Waals surface area (Å²) in [6.07, 6.45) is 0. The Labute approximate surface area is 107 Å². The van der Waals surface area contributed by atoms with E-state index in [0.29, 0.717) is 24.6 Å². The van der Waals surface area contributed by atoms with Crippen molar-refractivity contribution in [3.63, 3.8) is 0 Å². The Kier molecular flexibility index (Phi) is 4.48. The zero-order chi connectivity index (χ0) is 12.1. The van der Waals surface area contributed by atoms with Crippen molar-refractivity contribution in [3.8, 4) is 0 Å². The van der Waals surface area contributed by atoms with E-state index in [9.17, 15) is 8.42 Å². The number of thioether (sulfide) groups is 1. The van der Waals surface area contributed by atoms with Crippen LogP contribution in [0, 0.1) is 0 Å². The van der Waals surface area contributed by atoms with E-state index in [-0.39, 0.29) is 0 Å². The molecule has 1 aromatic rings. The molecular weight excluding hydrogens is 254 g/mol. The molecule has 0 saturated carbocycles. The Morgan fingerprint density at radius 2 is 1.76 bits per heavy atom. The third kappa shape index (κ3) is 4.33. The quantitative estimate of drug-likeness (QED) is 0.778. The van der Waals surface area contributed by atoms with E-state index in [4.69, 9.17) is 0 Å². The SMILES string of the molecule is O=S1(=O)CCN(CCSc2ccccc2)CC1. The van der Waals surface area contributed by atoms with Crippen LogP contribution >= 0.6 is 11.8 Å². The van der Waals surface area contributed by atoms with Crippen LogP contribution in [-0.4, -0.2) is 50.2 Å². The van der Waals surface area contributed by atoms with E-state index in [0.717, 1.165) is 12.3 Å². The smallest absolute Gasteiger partial charge is 0.152 e. The van der Waals surface area contributed by atoms with Crippen LogP contribution in [0.1, 0.15) is 0 Å². The summed E-state index contributed by atoms with van der Waals surface area (Å²) >= 11 is 1.82. The Hall–Kier alpha value is -0.520. The molecular formula is C12H17NO2S2. The highest BCUT2D eigenvalue weighted by atomic mass is 32.2. The minimum Gasteiger partial charge on any atom is -0.300 e. The second-order valence-corrected chi connectivity index (χ2v) is 7.63. The average Bonchev–Trinajstić information content (AvgIpc) is 2.33. The van der Waals surface area contributed by atoms with Crippen LogP contribution < -0.4 is 0 Å². The lowest BCUT2D eigenvalue weighted by molar-refractivity contribution is 0.314. The summed E-state index contributed by atoms with van der Waals surface area (Å²) in [5.74, 6) is 1.66. The van der Waals surface area contributed by atoms with Crippen molar-refractivity contribution in [2.45, 2.75) is 4.90 Å². The second-order valence-electron chi connectivity index (χ2n) is 4.15. The molecule has 94 valence electrons. The van der Waals surface area contributed by atoms with Gasteiger partial charge in [0, 0.05) is 30.3 Å². The Morgan fingerprint density at radius 1 is 1.12 bits per heavy atom. The zero-order valence-electron chi connectivity index (χ0n) is 9.71. The summed E-state index contributed by atoms with van der Waals surface area (Å²) in [5, 5.41) is 0. The van der Waals surface area contributed by atoms with Crippen LogP contribution in [0.3, 0.4) is 0 Å². The first-order valence-corrected chi connectivity index (χ1v) is 8.57. The minimum absolute atomic E-state index is 0.322. The maximum Gasteiger partial charge on any atom is 0.152 e. The summed E-state index contributed by atoms with van der Waals surface area (Å²) in [6, 6.07) is 10.3. The molecule has 3 nitrogen and oxygen atoms in total. The van der Waals surface area contributed by atoms with Crippen LogP contribution in [0.15, 0.2) is 35.2 Å². The largest absolute Gasteiger partial charge is 0.300 e. The fourth-order valence-corrected chi connectivity index (χ4v) is 3.99. The van der Waals surface area contributed by atoms with Crippen molar-refractivity contribution in [3.05, 3.63) is 30.3 Å². The van der Waals surface area contributed by atoms with E-state index < -0.39 is 9.84 Å². The average molecular weight is 271 g/mol. The van der Waals surface area contributed by atoms with Gasteiger partial charge >= 0.3 is 0 Å². The molecule has 0 atom stereocenters. The molecule has 0 amide bonds. The van der Waals surface area contributed by atoms with Crippen molar-refractivity contribution in [1.82, 2.24) is 4.90 Å². The fraction of sp³-hybridized carbons (Fsp3) is 0.500. The van der Waals surface area contributed by atoms with Crippen LogP contribution in [-0.2, 0) is 9.84 Å².